The Morgan fingerprint density at radius 1 is 1.69 bits per heavy atom. The molecule has 0 spiro atoms. The summed E-state index contributed by atoms with van der Waals surface area (Å²) in [5.74, 6) is 0.955. The van der Waals surface area contributed by atoms with Gasteiger partial charge in [-0.2, -0.15) is 0 Å². The number of aliphatic hydroxyl groups excluding tert-OH is 1. The van der Waals surface area contributed by atoms with E-state index in [2.05, 4.69) is 4.98 Å². The highest BCUT2D eigenvalue weighted by atomic mass is 32.2. The quantitative estimate of drug-likeness (QED) is 0.819. The molecule has 1 aliphatic rings. The number of ether oxygens (including phenoxy) is 1. The Morgan fingerprint density at radius 3 is 3.25 bits per heavy atom. The summed E-state index contributed by atoms with van der Waals surface area (Å²) in [6.07, 6.45) is 4.03. The minimum absolute atomic E-state index is 0.377. The molecule has 3 nitrogen and oxygen atoms in total. The number of aliphatic hydroxyl groups is 1. The lowest BCUT2D eigenvalue weighted by atomic mass is 10.2. The maximum absolute atomic E-state index is 9.47. The predicted octanol–water partition coefficient (Wildman–Crippen LogP) is 2.41. The van der Waals surface area contributed by atoms with Crippen LogP contribution >= 0.6 is 11.8 Å². The Kier molecular flexibility index (Phi) is 4.21. The molecule has 4 heteroatoms. The first-order chi connectivity index (χ1) is 7.75. The first kappa shape index (κ1) is 11.9. The fraction of sp³-hybridized carbons (Fsp3) is 0.583. The molecule has 1 aromatic rings. The van der Waals surface area contributed by atoms with Gasteiger partial charge in [-0.05, 0) is 37.5 Å². The van der Waals surface area contributed by atoms with E-state index in [9.17, 15) is 5.11 Å². The Hall–Kier alpha value is -0.580. The largest absolute Gasteiger partial charge is 0.389 e. The van der Waals surface area contributed by atoms with Gasteiger partial charge in [0.05, 0.1) is 17.2 Å². The van der Waals surface area contributed by atoms with Crippen molar-refractivity contribution >= 4 is 11.8 Å². The lowest BCUT2D eigenvalue weighted by molar-refractivity contribution is 0.129. The summed E-state index contributed by atoms with van der Waals surface area (Å²) in [4.78, 5) is 4.28. The molecule has 0 aromatic carbocycles. The number of hydrogen-bond acceptors (Lipinski definition) is 4. The molecule has 0 bridgehead atoms. The molecule has 0 aliphatic carbocycles. The van der Waals surface area contributed by atoms with E-state index >= 15 is 0 Å². The molecule has 1 saturated heterocycles. The van der Waals surface area contributed by atoms with Crippen LogP contribution in [0, 0.1) is 0 Å². The first-order valence-electron chi connectivity index (χ1n) is 5.64. The van der Waals surface area contributed by atoms with E-state index in [1.54, 1.807) is 24.9 Å². The molecular formula is C12H17NO2S. The maximum Gasteiger partial charge on any atom is 0.0964 e. The maximum atomic E-state index is 9.47. The molecule has 2 rings (SSSR count). The summed E-state index contributed by atoms with van der Waals surface area (Å²) < 4.78 is 5.55. The minimum Gasteiger partial charge on any atom is -0.389 e. The van der Waals surface area contributed by atoms with Crippen molar-refractivity contribution in [1.82, 2.24) is 4.98 Å². The highest BCUT2D eigenvalue weighted by molar-refractivity contribution is 7.99. The van der Waals surface area contributed by atoms with Gasteiger partial charge in [0, 0.05) is 18.6 Å². The van der Waals surface area contributed by atoms with Gasteiger partial charge in [0.25, 0.3) is 0 Å². The summed E-state index contributed by atoms with van der Waals surface area (Å²) in [7, 11) is 0. The summed E-state index contributed by atoms with van der Waals surface area (Å²) >= 11 is 1.70. The first-order valence-corrected chi connectivity index (χ1v) is 6.62. The highest BCUT2D eigenvalue weighted by Gasteiger charge is 2.15. The van der Waals surface area contributed by atoms with Crippen LogP contribution in [0.2, 0.25) is 0 Å². The number of hydrogen-bond donors (Lipinski definition) is 1. The van der Waals surface area contributed by atoms with E-state index in [0.29, 0.717) is 6.10 Å². The van der Waals surface area contributed by atoms with Crippen molar-refractivity contribution in [2.45, 2.75) is 37.0 Å². The van der Waals surface area contributed by atoms with Gasteiger partial charge in [-0.15, -0.1) is 11.8 Å². The molecule has 1 fully saturated rings. The molecule has 0 radical (unpaired) electrons. The molecule has 2 atom stereocenters. The predicted molar refractivity (Wildman–Crippen MR) is 64.6 cm³/mol. The normalized spacial score (nSPS) is 22.2. The summed E-state index contributed by atoms with van der Waals surface area (Å²) in [6.45, 7) is 2.66. The van der Waals surface area contributed by atoms with Gasteiger partial charge in [-0.25, -0.2) is 4.98 Å². The highest BCUT2D eigenvalue weighted by Crippen LogP contribution is 2.24. The topological polar surface area (TPSA) is 42.4 Å². The Morgan fingerprint density at radius 2 is 2.56 bits per heavy atom. The van der Waals surface area contributed by atoms with Crippen molar-refractivity contribution in [3.05, 3.63) is 23.9 Å². The summed E-state index contributed by atoms with van der Waals surface area (Å²) in [6, 6.07) is 3.80. The van der Waals surface area contributed by atoms with Gasteiger partial charge >= 0.3 is 0 Å². The van der Waals surface area contributed by atoms with Crippen molar-refractivity contribution in [3.8, 4) is 0 Å². The summed E-state index contributed by atoms with van der Waals surface area (Å²) in [5.41, 5.74) is 0.921. The van der Waals surface area contributed by atoms with E-state index < -0.39 is 6.10 Å². The third-order valence-corrected chi connectivity index (χ3v) is 3.74. The van der Waals surface area contributed by atoms with E-state index in [0.717, 1.165) is 29.4 Å². The van der Waals surface area contributed by atoms with Gasteiger partial charge < -0.3 is 9.84 Å². The zero-order valence-corrected chi connectivity index (χ0v) is 10.2. The molecule has 2 unspecified atom stereocenters. The smallest absolute Gasteiger partial charge is 0.0964 e. The molecule has 16 heavy (non-hydrogen) atoms. The number of pyridine rings is 1. The molecular weight excluding hydrogens is 222 g/mol. The lowest BCUT2D eigenvalue weighted by Gasteiger charge is -2.09. The number of aromatic nitrogens is 1. The third-order valence-electron chi connectivity index (χ3n) is 2.68. The van der Waals surface area contributed by atoms with Gasteiger partial charge in [-0.3, -0.25) is 0 Å². The van der Waals surface area contributed by atoms with Crippen molar-refractivity contribution in [3.63, 3.8) is 0 Å². The standard InChI is InChI=1S/C12H17NO2S/c1-9(14)10-4-5-13-12(7-10)16-8-11-3-2-6-15-11/h4-5,7,9,11,14H,2-3,6,8H2,1H3. The molecule has 1 aliphatic heterocycles. The van der Waals surface area contributed by atoms with E-state index in [4.69, 9.17) is 4.74 Å². The van der Waals surface area contributed by atoms with Crippen LogP contribution in [-0.2, 0) is 4.74 Å². The van der Waals surface area contributed by atoms with Crippen molar-refractivity contribution in [2.75, 3.05) is 12.4 Å². The monoisotopic (exact) mass is 239 g/mol. The van der Waals surface area contributed by atoms with Crippen LogP contribution in [-0.4, -0.2) is 28.6 Å². The van der Waals surface area contributed by atoms with Gasteiger partial charge in [-0.1, -0.05) is 0 Å². The van der Waals surface area contributed by atoms with Gasteiger partial charge in [0.1, 0.15) is 0 Å². The van der Waals surface area contributed by atoms with Crippen LogP contribution in [0.1, 0.15) is 31.4 Å². The Balaban J connectivity index is 1.90. The third kappa shape index (κ3) is 3.20. The second-order valence-electron chi connectivity index (χ2n) is 4.05. The molecule has 1 N–H and O–H groups in total. The lowest BCUT2D eigenvalue weighted by Crippen LogP contribution is -2.08. The molecule has 0 saturated carbocycles. The van der Waals surface area contributed by atoms with Gasteiger partial charge in [0.2, 0.25) is 0 Å². The second-order valence-corrected chi connectivity index (χ2v) is 5.09. The number of nitrogens with zero attached hydrogens (tertiary/aromatic N) is 1. The average Bonchev–Trinajstić information content (AvgIpc) is 2.79. The molecule has 0 amide bonds. The van der Waals surface area contributed by atoms with Crippen molar-refractivity contribution in [1.29, 1.82) is 0 Å². The zero-order chi connectivity index (χ0) is 11.4. The molecule has 88 valence electrons. The van der Waals surface area contributed by atoms with Crippen LogP contribution < -0.4 is 0 Å². The van der Waals surface area contributed by atoms with Crippen molar-refractivity contribution in [2.24, 2.45) is 0 Å². The average molecular weight is 239 g/mol. The second kappa shape index (κ2) is 5.66. The van der Waals surface area contributed by atoms with Crippen LogP contribution in [0.4, 0.5) is 0 Å². The number of thioether (sulfide) groups is 1. The van der Waals surface area contributed by atoms with Crippen molar-refractivity contribution < 1.29 is 9.84 Å². The van der Waals surface area contributed by atoms with Crippen LogP contribution in [0.25, 0.3) is 0 Å². The van der Waals surface area contributed by atoms with E-state index in [1.807, 2.05) is 12.1 Å². The van der Waals surface area contributed by atoms with E-state index in [-0.39, 0.29) is 0 Å². The number of rotatable bonds is 4. The Labute approximate surface area is 100 Å². The van der Waals surface area contributed by atoms with Crippen LogP contribution in [0.15, 0.2) is 23.4 Å². The minimum atomic E-state index is -0.426. The van der Waals surface area contributed by atoms with Crippen LogP contribution in [0.5, 0.6) is 0 Å². The summed E-state index contributed by atoms with van der Waals surface area (Å²) in [5, 5.41) is 10.4. The van der Waals surface area contributed by atoms with Crippen LogP contribution in [0.3, 0.4) is 0 Å². The Bertz CT molecular complexity index is 338. The fourth-order valence-electron chi connectivity index (χ4n) is 1.72. The molecule has 1 aromatic heterocycles. The zero-order valence-electron chi connectivity index (χ0n) is 9.43. The fourth-order valence-corrected chi connectivity index (χ4v) is 2.69. The SMILES string of the molecule is CC(O)c1ccnc(SCC2CCCO2)c1. The van der Waals surface area contributed by atoms with E-state index in [1.165, 1.54) is 6.42 Å². The molecule has 2 heterocycles. The van der Waals surface area contributed by atoms with Gasteiger partial charge in [0.15, 0.2) is 0 Å².